The summed E-state index contributed by atoms with van der Waals surface area (Å²) in [6, 6.07) is 5.01. The van der Waals surface area contributed by atoms with Gasteiger partial charge in [0.2, 0.25) is 23.6 Å². The molecule has 0 radical (unpaired) electrons. The van der Waals surface area contributed by atoms with E-state index in [9.17, 15) is 24.3 Å². The molecule has 3 fully saturated rings. The third-order valence-electron chi connectivity index (χ3n) is 14.8. The van der Waals surface area contributed by atoms with Crippen LogP contribution in [0.5, 0.6) is 0 Å². The average molecular weight is 791 g/mol. The molecule has 4 amide bonds. The summed E-state index contributed by atoms with van der Waals surface area (Å²) in [5.41, 5.74) is 3.71. The quantitative estimate of drug-likeness (QED) is 0.0714. The summed E-state index contributed by atoms with van der Waals surface area (Å²) < 4.78 is 6.38. The van der Waals surface area contributed by atoms with Gasteiger partial charge in [-0.25, -0.2) is 0 Å². The number of benzene rings is 1. The maximum absolute atomic E-state index is 12.6. The fraction of sp³-hybridized carbons (Fsp3) is 0.745. The third kappa shape index (κ3) is 11.3. The Balaban J connectivity index is 0.955. The molecule has 3 unspecified atom stereocenters. The van der Waals surface area contributed by atoms with Crippen molar-refractivity contribution in [1.82, 2.24) is 16.0 Å². The fourth-order valence-corrected chi connectivity index (χ4v) is 11.4. The Kier molecular flexibility index (Phi) is 15.9. The first kappa shape index (κ1) is 44.9. The van der Waals surface area contributed by atoms with Gasteiger partial charge in [0.25, 0.3) is 0 Å². The number of rotatable bonds is 19. The highest BCUT2D eigenvalue weighted by molar-refractivity contribution is 5.98. The molecule has 0 spiro atoms. The van der Waals surface area contributed by atoms with Crippen LogP contribution in [0.3, 0.4) is 0 Å². The van der Waals surface area contributed by atoms with E-state index in [0.717, 1.165) is 53.9 Å². The first-order chi connectivity index (χ1) is 27.1. The van der Waals surface area contributed by atoms with Crippen LogP contribution in [0, 0.1) is 46.3 Å². The number of anilines is 1. The molecule has 5 N–H and O–H groups in total. The van der Waals surface area contributed by atoms with Crippen molar-refractivity contribution < 1.29 is 29.0 Å². The van der Waals surface area contributed by atoms with Crippen LogP contribution in [-0.4, -0.2) is 60.1 Å². The van der Waals surface area contributed by atoms with Crippen molar-refractivity contribution in [3.05, 3.63) is 41.5 Å². The van der Waals surface area contributed by atoms with E-state index in [0.29, 0.717) is 36.1 Å². The van der Waals surface area contributed by atoms with Crippen molar-refractivity contribution in [2.45, 2.75) is 163 Å². The van der Waals surface area contributed by atoms with Crippen molar-refractivity contribution in [1.29, 1.82) is 0 Å². The predicted octanol–water partition coefficient (Wildman–Crippen LogP) is 7.84. The van der Waals surface area contributed by atoms with Gasteiger partial charge < -0.3 is 31.1 Å². The number of carbonyl (C=O) groups is 4. The zero-order valence-corrected chi connectivity index (χ0v) is 36.1. The van der Waals surface area contributed by atoms with Gasteiger partial charge in [0, 0.05) is 31.7 Å². The Hall–Kier alpha value is -3.24. The van der Waals surface area contributed by atoms with Crippen LogP contribution in [-0.2, 0) is 30.5 Å². The number of amides is 4. The molecule has 5 rings (SSSR count). The topological polar surface area (TPSA) is 146 Å². The molecule has 10 atom stereocenters. The number of allylic oxidation sites excluding steroid dienone is 1. The lowest BCUT2D eigenvalue weighted by atomic mass is 9.47. The van der Waals surface area contributed by atoms with Gasteiger partial charge in [0.1, 0.15) is 12.1 Å². The maximum atomic E-state index is 12.6. The second kappa shape index (κ2) is 20.1. The van der Waals surface area contributed by atoms with E-state index < -0.39 is 29.8 Å². The molecule has 0 heterocycles. The van der Waals surface area contributed by atoms with Crippen LogP contribution in [0.25, 0.3) is 0 Å². The number of aliphatic hydroxyl groups is 1. The van der Waals surface area contributed by atoms with E-state index in [1.807, 2.05) is 0 Å². The lowest BCUT2D eigenvalue weighted by Crippen LogP contribution is -2.51. The van der Waals surface area contributed by atoms with Crippen LogP contribution in [0.15, 0.2) is 35.9 Å². The van der Waals surface area contributed by atoms with E-state index in [2.05, 4.69) is 62.0 Å². The summed E-state index contributed by atoms with van der Waals surface area (Å²) in [5.74, 6) is 3.49. The van der Waals surface area contributed by atoms with Crippen molar-refractivity contribution in [2.75, 3.05) is 18.5 Å². The molecule has 4 aliphatic rings. The SMILES string of the molecule is CC(C)CCCC(C)[C@H]1CC[C@H]2[C@@H]3CC=C4C[C@@H](OCCCNC(=O)CCC(=O)NC(C)C(=O)NC(C)C(=O)Nc5ccc(CO)cc5)CC[C@]4(C)[C@H]3CC[C@]12C. The summed E-state index contributed by atoms with van der Waals surface area (Å²) >= 11 is 0. The van der Waals surface area contributed by atoms with Gasteiger partial charge in [0.05, 0.1) is 12.7 Å². The lowest BCUT2D eigenvalue weighted by molar-refractivity contribution is -0.131. The number of hydrogen-bond donors (Lipinski definition) is 5. The molecule has 1 aromatic rings. The Labute approximate surface area is 342 Å². The second-order valence-electron chi connectivity index (χ2n) is 19.1. The molecular formula is C47H74N4O6. The van der Waals surface area contributed by atoms with Gasteiger partial charge in [-0.05, 0) is 136 Å². The Morgan fingerprint density at radius 2 is 1.54 bits per heavy atom. The van der Waals surface area contributed by atoms with E-state index >= 15 is 0 Å². The molecule has 1 aromatic carbocycles. The van der Waals surface area contributed by atoms with Crippen LogP contribution >= 0.6 is 0 Å². The van der Waals surface area contributed by atoms with E-state index in [1.54, 1.807) is 36.8 Å². The minimum absolute atomic E-state index is 0.0183. The summed E-state index contributed by atoms with van der Waals surface area (Å²) in [6.45, 7) is 16.6. The number of nitrogens with one attached hydrogen (secondary N) is 4. The molecule has 3 saturated carbocycles. The second-order valence-corrected chi connectivity index (χ2v) is 19.1. The predicted molar refractivity (Wildman–Crippen MR) is 226 cm³/mol. The van der Waals surface area contributed by atoms with E-state index in [-0.39, 0.29) is 31.5 Å². The number of aliphatic hydroxyl groups excluding tert-OH is 1. The summed E-state index contributed by atoms with van der Waals surface area (Å²) in [4.78, 5) is 50.1. The molecule has 0 aliphatic heterocycles. The molecular weight excluding hydrogens is 717 g/mol. The van der Waals surface area contributed by atoms with Gasteiger partial charge in [-0.3, -0.25) is 19.2 Å². The number of ether oxygens (including phenoxy) is 1. The highest BCUT2D eigenvalue weighted by Crippen LogP contribution is 2.67. The Morgan fingerprint density at radius 1 is 0.825 bits per heavy atom. The average Bonchev–Trinajstić information content (AvgIpc) is 3.54. The Bertz CT molecular complexity index is 1560. The minimum Gasteiger partial charge on any atom is -0.392 e. The lowest BCUT2D eigenvalue weighted by Gasteiger charge is -2.58. The monoisotopic (exact) mass is 791 g/mol. The first-order valence-electron chi connectivity index (χ1n) is 22.3. The van der Waals surface area contributed by atoms with Crippen molar-refractivity contribution >= 4 is 29.3 Å². The number of carbonyl (C=O) groups excluding carboxylic acids is 4. The molecule has 4 aliphatic carbocycles. The highest BCUT2D eigenvalue weighted by Gasteiger charge is 2.59. The van der Waals surface area contributed by atoms with Crippen molar-refractivity contribution in [2.24, 2.45) is 46.3 Å². The van der Waals surface area contributed by atoms with E-state index in [4.69, 9.17) is 4.74 Å². The minimum atomic E-state index is -0.878. The number of hydrogen-bond acceptors (Lipinski definition) is 6. The molecule has 10 heteroatoms. The molecule has 0 aromatic heterocycles. The number of fused-ring (bicyclic) bond motifs is 5. The molecule has 10 nitrogen and oxygen atoms in total. The smallest absolute Gasteiger partial charge is 0.246 e. The Morgan fingerprint density at radius 3 is 2.26 bits per heavy atom. The zero-order valence-electron chi connectivity index (χ0n) is 36.1. The summed E-state index contributed by atoms with van der Waals surface area (Å²) in [5, 5.41) is 20.0. The molecule has 57 heavy (non-hydrogen) atoms. The maximum Gasteiger partial charge on any atom is 0.246 e. The molecule has 0 bridgehead atoms. The van der Waals surface area contributed by atoms with Gasteiger partial charge in [-0.2, -0.15) is 0 Å². The summed E-state index contributed by atoms with van der Waals surface area (Å²) in [6.07, 6.45) is 17.9. The van der Waals surface area contributed by atoms with Crippen molar-refractivity contribution in [3.63, 3.8) is 0 Å². The normalized spacial score (nSPS) is 29.5. The molecule has 0 saturated heterocycles. The van der Waals surface area contributed by atoms with Crippen molar-refractivity contribution in [3.8, 4) is 0 Å². The van der Waals surface area contributed by atoms with Crippen LogP contribution < -0.4 is 21.3 Å². The largest absolute Gasteiger partial charge is 0.392 e. The van der Waals surface area contributed by atoms with Crippen LogP contribution in [0.4, 0.5) is 5.69 Å². The highest BCUT2D eigenvalue weighted by atomic mass is 16.5. The van der Waals surface area contributed by atoms with Gasteiger partial charge in [-0.1, -0.05) is 77.7 Å². The fourth-order valence-electron chi connectivity index (χ4n) is 11.4. The van der Waals surface area contributed by atoms with Gasteiger partial charge in [0.15, 0.2) is 0 Å². The first-order valence-corrected chi connectivity index (χ1v) is 22.3. The third-order valence-corrected chi connectivity index (χ3v) is 14.8. The standard InChI is InChI=1S/C47H74N4O6/c1-30(2)10-8-11-31(3)39-18-19-40-38-17-14-35-28-37(22-24-46(35,6)41(38)23-25-47(39,40)7)57-27-9-26-48-42(53)20-21-43(54)49-32(4)44(55)50-33(5)45(56)51-36-15-12-34(29-52)13-16-36/h12-16,30-33,37-41,52H,8-11,17-29H2,1-7H3,(H,48,53)(H,49,54)(H,50,55)(H,51,56)/t31?,32?,33?,37-,38-,39+,40-,41-,46-,47+/m0/s1. The van der Waals surface area contributed by atoms with Gasteiger partial charge >= 0.3 is 0 Å². The molecule has 318 valence electrons. The summed E-state index contributed by atoms with van der Waals surface area (Å²) in [7, 11) is 0. The van der Waals surface area contributed by atoms with Crippen LogP contribution in [0.1, 0.15) is 144 Å². The van der Waals surface area contributed by atoms with Crippen LogP contribution in [0.2, 0.25) is 0 Å². The van der Waals surface area contributed by atoms with E-state index in [1.165, 1.54) is 64.7 Å². The van der Waals surface area contributed by atoms with Gasteiger partial charge in [-0.15, -0.1) is 0 Å². The zero-order chi connectivity index (χ0) is 41.3.